The number of halogens is 2. The SMILES string of the molecule is Cc1cc(N(C)C2CCCN(Cc3ccc(Cl)c(F)c3)C2)ncn1. The molecule has 1 aliphatic heterocycles. The molecule has 0 saturated carbocycles. The highest BCUT2D eigenvalue weighted by Crippen LogP contribution is 2.22. The molecule has 0 aliphatic carbocycles. The molecule has 2 aromatic rings. The number of hydrogen-bond acceptors (Lipinski definition) is 4. The maximum atomic E-state index is 13.6. The van der Waals surface area contributed by atoms with Crippen LogP contribution in [0.3, 0.4) is 0 Å². The van der Waals surface area contributed by atoms with Gasteiger partial charge in [0.2, 0.25) is 0 Å². The van der Waals surface area contributed by atoms with Crippen molar-refractivity contribution < 1.29 is 4.39 Å². The molecule has 1 unspecified atom stereocenters. The molecule has 4 nitrogen and oxygen atoms in total. The van der Waals surface area contributed by atoms with Crippen molar-refractivity contribution in [2.45, 2.75) is 32.4 Å². The van der Waals surface area contributed by atoms with Crippen molar-refractivity contribution in [3.63, 3.8) is 0 Å². The fraction of sp³-hybridized carbons (Fsp3) is 0.444. The molecule has 2 heterocycles. The largest absolute Gasteiger partial charge is 0.355 e. The topological polar surface area (TPSA) is 32.3 Å². The van der Waals surface area contributed by atoms with Crippen LogP contribution in [0.15, 0.2) is 30.6 Å². The lowest BCUT2D eigenvalue weighted by atomic mass is 10.0. The second-order valence-electron chi connectivity index (χ2n) is 6.41. The normalized spacial score (nSPS) is 18.6. The molecule has 0 spiro atoms. The van der Waals surface area contributed by atoms with Crippen molar-refractivity contribution in [1.29, 1.82) is 0 Å². The Morgan fingerprint density at radius 3 is 2.92 bits per heavy atom. The molecule has 0 amide bonds. The van der Waals surface area contributed by atoms with Gasteiger partial charge in [-0.3, -0.25) is 4.90 Å². The quantitative estimate of drug-likeness (QED) is 0.843. The zero-order valence-corrected chi connectivity index (χ0v) is 14.8. The first-order valence-electron chi connectivity index (χ1n) is 8.20. The van der Waals surface area contributed by atoms with Gasteiger partial charge in [-0.05, 0) is 44.0 Å². The van der Waals surface area contributed by atoms with Crippen molar-refractivity contribution >= 4 is 17.4 Å². The Balaban J connectivity index is 1.66. The summed E-state index contributed by atoms with van der Waals surface area (Å²) in [5, 5.41) is 0.175. The summed E-state index contributed by atoms with van der Waals surface area (Å²) in [5.74, 6) is 0.600. The number of aromatic nitrogens is 2. The maximum Gasteiger partial charge on any atom is 0.142 e. The van der Waals surface area contributed by atoms with Crippen LogP contribution in [-0.2, 0) is 6.54 Å². The van der Waals surface area contributed by atoms with Gasteiger partial charge < -0.3 is 4.90 Å². The number of piperidine rings is 1. The van der Waals surface area contributed by atoms with Gasteiger partial charge in [-0.15, -0.1) is 0 Å². The first kappa shape index (κ1) is 17.1. The number of nitrogens with zero attached hydrogens (tertiary/aromatic N) is 4. The summed E-state index contributed by atoms with van der Waals surface area (Å²) >= 11 is 5.76. The van der Waals surface area contributed by atoms with Gasteiger partial charge in [0, 0.05) is 37.9 Å². The number of aryl methyl sites for hydroxylation is 1. The molecule has 1 saturated heterocycles. The summed E-state index contributed by atoms with van der Waals surface area (Å²) in [6.07, 6.45) is 3.86. The number of anilines is 1. The molecule has 0 N–H and O–H groups in total. The minimum absolute atomic E-state index is 0.175. The summed E-state index contributed by atoms with van der Waals surface area (Å²) in [6.45, 7) is 4.67. The standard InChI is InChI=1S/C18H22ClFN4/c1-13-8-18(22-12-21-13)23(2)15-4-3-7-24(11-15)10-14-5-6-16(19)17(20)9-14/h5-6,8-9,12,15H,3-4,7,10-11H2,1-2H3. The van der Waals surface area contributed by atoms with Crippen LogP contribution in [0.4, 0.5) is 10.2 Å². The highest BCUT2D eigenvalue weighted by molar-refractivity contribution is 6.30. The van der Waals surface area contributed by atoms with E-state index in [1.807, 2.05) is 19.1 Å². The summed E-state index contributed by atoms with van der Waals surface area (Å²) in [4.78, 5) is 13.1. The number of hydrogen-bond donors (Lipinski definition) is 0. The number of likely N-dealkylation sites (tertiary alicyclic amines) is 1. The molecule has 1 aromatic carbocycles. The van der Waals surface area contributed by atoms with Gasteiger partial charge in [0.15, 0.2) is 0 Å². The molecule has 0 radical (unpaired) electrons. The van der Waals surface area contributed by atoms with Crippen LogP contribution >= 0.6 is 11.6 Å². The van der Waals surface area contributed by atoms with Crippen LogP contribution in [0, 0.1) is 12.7 Å². The number of rotatable bonds is 4. The van der Waals surface area contributed by atoms with Crippen LogP contribution in [0.1, 0.15) is 24.1 Å². The Bertz CT molecular complexity index is 709. The molecular weight excluding hydrogens is 327 g/mol. The summed E-state index contributed by atoms with van der Waals surface area (Å²) in [7, 11) is 2.08. The van der Waals surface area contributed by atoms with Crippen LogP contribution in [-0.4, -0.2) is 41.0 Å². The lowest BCUT2D eigenvalue weighted by Crippen LogP contribution is -2.46. The average molecular weight is 349 g/mol. The minimum Gasteiger partial charge on any atom is -0.355 e. The second-order valence-corrected chi connectivity index (χ2v) is 6.82. The average Bonchev–Trinajstić information content (AvgIpc) is 2.58. The third-order valence-electron chi connectivity index (χ3n) is 4.57. The van der Waals surface area contributed by atoms with E-state index in [-0.39, 0.29) is 10.8 Å². The van der Waals surface area contributed by atoms with Gasteiger partial charge in [0.1, 0.15) is 18.0 Å². The first-order chi connectivity index (χ1) is 11.5. The monoisotopic (exact) mass is 348 g/mol. The van der Waals surface area contributed by atoms with Crippen molar-refractivity contribution in [3.8, 4) is 0 Å². The number of benzene rings is 1. The van der Waals surface area contributed by atoms with Crippen molar-refractivity contribution in [2.75, 3.05) is 25.0 Å². The molecule has 1 atom stereocenters. The Morgan fingerprint density at radius 2 is 2.17 bits per heavy atom. The third kappa shape index (κ3) is 4.02. The van der Waals surface area contributed by atoms with E-state index in [1.165, 1.54) is 6.07 Å². The predicted octanol–water partition coefficient (Wildman–Crippen LogP) is 3.68. The Hall–Kier alpha value is -1.72. The second kappa shape index (κ2) is 7.45. The summed E-state index contributed by atoms with van der Waals surface area (Å²) in [6, 6.07) is 7.46. The molecule has 128 valence electrons. The first-order valence-corrected chi connectivity index (χ1v) is 8.58. The van der Waals surface area contributed by atoms with E-state index in [9.17, 15) is 4.39 Å². The Morgan fingerprint density at radius 1 is 1.33 bits per heavy atom. The lowest BCUT2D eigenvalue weighted by Gasteiger charge is -2.38. The van der Waals surface area contributed by atoms with Crippen LogP contribution in [0.25, 0.3) is 0 Å². The molecular formula is C18H22ClFN4. The van der Waals surface area contributed by atoms with Gasteiger partial charge in [0.25, 0.3) is 0 Å². The summed E-state index contributed by atoms with van der Waals surface area (Å²) in [5.41, 5.74) is 1.93. The molecule has 3 rings (SSSR count). The molecule has 1 aromatic heterocycles. The van der Waals surface area contributed by atoms with Gasteiger partial charge >= 0.3 is 0 Å². The van der Waals surface area contributed by atoms with E-state index in [1.54, 1.807) is 12.4 Å². The maximum absolute atomic E-state index is 13.6. The van der Waals surface area contributed by atoms with Crippen LogP contribution in [0.5, 0.6) is 0 Å². The van der Waals surface area contributed by atoms with Crippen molar-refractivity contribution in [2.24, 2.45) is 0 Å². The molecule has 1 fully saturated rings. The van der Waals surface area contributed by atoms with Crippen LogP contribution in [0.2, 0.25) is 5.02 Å². The molecule has 0 bridgehead atoms. The van der Waals surface area contributed by atoms with Crippen LogP contribution < -0.4 is 4.90 Å². The molecule has 24 heavy (non-hydrogen) atoms. The zero-order chi connectivity index (χ0) is 17.1. The lowest BCUT2D eigenvalue weighted by molar-refractivity contribution is 0.198. The smallest absolute Gasteiger partial charge is 0.142 e. The minimum atomic E-state index is -0.351. The third-order valence-corrected chi connectivity index (χ3v) is 4.88. The number of likely N-dealkylation sites (N-methyl/N-ethyl adjacent to an activating group) is 1. The highest BCUT2D eigenvalue weighted by atomic mass is 35.5. The van der Waals surface area contributed by atoms with E-state index in [4.69, 9.17) is 11.6 Å². The van der Waals surface area contributed by atoms with Gasteiger partial charge in [-0.25, -0.2) is 14.4 Å². The highest BCUT2D eigenvalue weighted by Gasteiger charge is 2.24. The van der Waals surface area contributed by atoms with Crippen molar-refractivity contribution in [3.05, 3.63) is 52.7 Å². The fourth-order valence-electron chi connectivity index (χ4n) is 3.21. The van der Waals surface area contributed by atoms with E-state index in [2.05, 4.69) is 26.8 Å². The molecule has 6 heteroatoms. The predicted molar refractivity (Wildman–Crippen MR) is 94.9 cm³/mol. The van der Waals surface area contributed by atoms with Gasteiger partial charge in [0.05, 0.1) is 5.02 Å². The van der Waals surface area contributed by atoms with E-state index in [0.29, 0.717) is 6.04 Å². The van der Waals surface area contributed by atoms with Gasteiger partial charge in [-0.2, -0.15) is 0 Å². The van der Waals surface area contributed by atoms with E-state index in [0.717, 1.165) is 49.6 Å². The fourth-order valence-corrected chi connectivity index (χ4v) is 3.33. The molecule has 1 aliphatic rings. The van der Waals surface area contributed by atoms with Crippen molar-refractivity contribution in [1.82, 2.24) is 14.9 Å². The Kier molecular flexibility index (Phi) is 5.31. The van der Waals surface area contributed by atoms with E-state index >= 15 is 0 Å². The zero-order valence-electron chi connectivity index (χ0n) is 14.0. The summed E-state index contributed by atoms with van der Waals surface area (Å²) < 4.78 is 13.6. The van der Waals surface area contributed by atoms with E-state index < -0.39 is 0 Å². The van der Waals surface area contributed by atoms with Gasteiger partial charge in [-0.1, -0.05) is 17.7 Å². The Labute approximate surface area is 147 Å².